The maximum absolute atomic E-state index is 13.5. The van der Waals surface area contributed by atoms with Crippen molar-refractivity contribution in [3.63, 3.8) is 0 Å². The number of hydrogen-bond acceptors (Lipinski definition) is 6. The number of fused-ring (bicyclic) bond motifs is 1. The van der Waals surface area contributed by atoms with E-state index in [4.69, 9.17) is 0 Å². The van der Waals surface area contributed by atoms with Gasteiger partial charge in [-0.15, -0.1) is 10.2 Å². The van der Waals surface area contributed by atoms with Crippen LogP contribution >= 0.6 is 0 Å². The Bertz CT molecular complexity index is 1190. The van der Waals surface area contributed by atoms with Gasteiger partial charge in [0.15, 0.2) is 17.5 Å². The number of piperazine rings is 1. The first-order valence-corrected chi connectivity index (χ1v) is 10.8. The highest BCUT2D eigenvalue weighted by Gasteiger charge is 2.32. The van der Waals surface area contributed by atoms with Crippen LogP contribution in [-0.2, 0) is 10.0 Å². The topological polar surface area (TPSA) is 83.7 Å². The highest BCUT2D eigenvalue weighted by molar-refractivity contribution is 7.89. The maximum atomic E-state index is 13.5. The monoisotopic (exact) mass is 420 g/mol. The van der Waals surface area contributed by atoms with Crippen molar-refractivity contribution in [2.75, 3.05) is 31.1 Å². The molecule has 2 fully saturated rings. The second-order valence-electron chi connectivity index (χ2n) is 7.24. The molecule has 1 saturated carbocycles. The van der Waals surface area contributed by atoms with Gasteiger partial charge in [-0.25, -0.2) is 22.2 Å². The summed E-state index contributed by atoms with van der Waals surface area (Å²) >= 11 is 0. The fraction of sp³-hybridized carbons (Fsp3) is 0.389. The summed E-state index contributed by atoms with van der Waals surface area (Å²) in [6, 6.07) is 2.62. The minimum atomic E-state index is -3.90. The minimum Gasteiger partial charge on any atom is -0.351 e. The van der Waals surface area contributed by atoms with Gasteiger partial charge in [0, 0.05) is 44.5 Å². The van der Waals surface area contributed by atoms with Crippen LogP contribution in [0.3, 0.4) is 0 Å². The summed E-state index contributed by atoms with van der Waals surface area (Å²) in [6.45, 7) is 1.21. The van der Waals surface area contributed by atoms with Crippen LogP contribution in [-0.4, -0.2) is 58.5 Å². The van der Waals surface area contributed by atoms with Crippen molar-refractivity contribution in [3.05, 3.63) is 48.1 Å². The van der Waals surface area contributed by atoms with Crippen molar-refractivity contribution in [2.24, 2.45) is 0 Å². The van der Waals surface area contributed by atoms with Gasteiger partial charge in [-0.2, -0.15) is 4.31 Å². The standard InChI is InChI=1S/C18H18F2N6O2S/c19-14-4-3-13(11-15(14)20)29(27,28)25-9-7-24(8-10-25)17-18-23-22-16(12-1-2-12)26(18)6-5-21-17/h3-6,11-12H,1-2,7-10H2. The molecule has 0 N–H and O–H groups in total. The lowest BCUT2D eigenvalue weighted by molar-refractivity contribution is 0.383. The second-order valence-corrected chi connectivity index (χ2v) is 9.18. The van der Waals surface area contributed by atoms with E-state index in [1.807, 2.05) is 15.5 Å². The van der Waals surface area contributed by atoms with Gasteiger partial charge in [0.05, 0.1) is 4.90 Å². The second kappa shape index (κ2) is 6.70. The summed E-state index contributed by atoms with van der Waals surface area (Å²) in [5.41, 5.74) is 0.659. The molecule has 29 heavy (non-hydrogen) atoms. The zero-order chi connectivity index (χ0) is 20.2. The van der Waals surface area contributed by atoms with Crippen LogP contribution in [0.25, 0.3) is 5.65 Å². The van der Waals surface area contributed by atoms with Crippen molar-refractivity contribution in [2.45, 2.75) is 23.7 Å². The van der Waals surface area contributed by atoms with E-state index in [1.54, 1.807) is 6.20 Å². The van der Waals surface area contributed by atoms with Gasteiger partial charge < -0.3 is 4.90 Å². The summed E-state index contributed by atoms with van der Waals surface area (Å²) in [5.74, 6) is -0.219. The van der Waals surface area contributed by atoms with Crippen LogP contribution < -0.4 is 4.90 Å². The molecule has 3 aromatic rings. The first kappa shape index (κ1) is 18.4. The first-order chi connectivity index (χ1) is 13.9. The third-order valence-corrected chi connectivity index (χ3v) is 7.24. The molecule has 1 aliphatic heterocycles. The summed E-state index contributed by atoms with van der Waals surface area (Å²) in [5, 5.41) is 8.58. The van der Waals surface area contributed by atoms with Crippen molar-refractivity contribution >= 4 is 21.5 Å². The van der Waals surface area contributed by atoms with E-state index < -0.39 is 21.7 Å². The van der Waals surface area contributed by atoms with E-state index in [-0.39, 0.29) is 18.0 Å². The number of sulfonamides is 1. The normalized spacial score (nSPS) is 18.5. The van der Waals surface area contributed by atoms with Crippen molar-refractivity contribution in [1.82, 2.24) is 23.9 Å². The van der Waals surface area contributed by atoms with Gasteiger partial charge in [-0.1, -0.05) is 0 Å². The van der Waals surface area contributed by atoms with Gasteiger partial charge in [0.2, 0.25) is 15.7 Å². The molecule has 1 aliphatic carbocycles. The molecule has 152 valence electrons. The summed E-state index contributed by atoms with van der Waals surface area (Å²) < 4.78 is 55.4. The number of nitrogens with zero attached hydrogens (tertiary/aromatic N) is 6. The fourth-order valence-electron chi connectivity index (χ4n) is 3.60. The lowest BCUT2D eigenvalue weighted by Gasteiger charge is -2.34. The van der Waals surface area contributed by atoms with Gasteiger partial charge in [0.25, 0.3) is 0 Å². The summed E-state index contributed by atoms with van der Waals surface area (Å²) in [7, 11) is -3.90. The van der Waals surface area contributed by atoms with E-state index in [0.29, 0.717) is 30.5 Å². The Morgan fingerprint density at radius 1 is 1.00 bits per heavy atom. The van der Waals surface area contributed by atoms with Gasteiger partial charge in [-0.3, -0.25) is 4.40 Å². The van der Waals surface area contributed by atoms with E-state index in [2.05, 4.69) is 15.2 Å². The Labute approximate surface area is 165 Å². The van der Waals surface area contributed by atoms with Crippen molar-refractivity contribution in [3.8, 4) is 0 Å². The summed E-state index contributed by atoms with van der Waals surface area (Å²) in [4.78, 5) is 6.15. The molecule has 0 amide bonds. The Hall–Kier alpha value is -2.66. The zero-order valence-corrected chi connectivity index (χ0v) is 16.2. The highest BCUT2D eigenvalue weighted by atomic mass is 32.2. The smallest absolute Gasteiger partial charge is 0.243 e. The quantitative estimate of drug-likeness (QED) is 0.640. The average molecular weight is 420 g/mol. The van der Waals surface area contributed by atoms with E-state index in [1.165, 1.54) is 4.31 Å². The fourth-order valence-corrected chi connectivity index (χ4v) is 5.04. The van der Waals surface area contributed by atoms with Crippen molar-refractivity contribution < 1.29 is 17.2 Å². The number of benzene rings is 1. The molecule has 11 heteroatoms. The number of hydrogen-bond donors (Lipinski definition) is 0. The van der Waals surface area contributed by atoms with Gasteiger partial charge in [0.1, 0.15) is 5.82 Å². The molecule has 0 atom stereocenters. The van der Waals surface area contributed by atoms with E-state index >= 15 is 0 Å². The molecule has 0 radical (unpaired) electrons. The summed E-state index contributed by atoms with van der Waals surface area (Å²) in [6.07, 6.45) is 5.76. The molecular formula is C18H18F2N6O2S. The Morgan fingerprint density at radius 3 is 2.45 bits per heavy atom. The van der Waals surface area contributed by atoms with E-state index in [0.717, 1.165) is 36.9 Å². The Morgan fingerprint density at radius 2 is 1.76 bits per heavy atom. The Kier molecular flexibility index (Phi) is 4.24. The van der Waals surface area contributed by atoms with Crippen LogP contribution in [0, 0.1) is 11.6 Å². The van der Waals surface area contributed by atoms with Crippen LogP contribution in [0.2, 0.25) is 0 Å². The predicted octanol–water partition coefficient (Wildman–Crippen LogP) is 1.79. The van der Waals surface area contributed by atoms with Gasteiger partial charge >= 0.3 is 0 Å². The highest BCUT2D eigenvalue weighted by Crippen LogP contribution is 2.39. The minimum absolute atomic E-state index is 0.202. The molecule has 2 aliphatic rings. The van der Waals surface area contributed by atoms with Crippen LogP contribution in [0.5, 0.6) is 0 Å². The largest absolute Gasteiger partial charge is 0.351 e. The van der Waals surface area contributed by atoms with Crippen LogP contribution in [0.15, 0.2) is 35.5 Å². The number of rotatable bonds is 4. The van der Waals surface area contributed by atoms with E-state index in [9.17, 15) is 17.2 Å². The lowest BCUT2D eigenvalue weighted by atomic mass is 10.3. The number of halogens is 2. The molecule has 0 bridgehead atoms. The zero-order valence-electron chi connectivity index (χ0n) is 15.4. The lowest BCUT2D eigenvalue weighted by Crippen LogP contribution is -2.49. The van der Waals surface area contributed by atoms with Crippen molar-refractivity contribution in [1.29, 1.82) is 0 Å². The van der Waals surface area contributed by atoms with Gasteiger partial charge in [-0.05, 0) is 31.0 Å². The number of anilines is 1. The first-order valence-electron chi connectivity index (χ1n) is 9.35. The molecule has 0 unspecified atom stereocenters. The molecule has 1 saturated heterocycles. The average Bonchev–Trinajstić information content (AvgIpc) is 3.48. The molecule has 2 aromatic heterocycles. The third-order valence-electron chi connectivity index (χ3n) is 5.34. The molecular weight excluding hydrogens is 402 g/mol. The van der Waals surface area contributed by atoms with Crippen LogP contribution in [0.4, 0.5) is 14.6 Å². The van der Waals surface area contributed by atoms with Crippen LogP contribution in [0.1, 0.15) is 24.6 Å². The SMILES string of the molecule is O=S(=O)(c1ccc(F)c(F)c1)N1CCN(c2nccn3c(C4CC4)nnc23)CC1. The predicted molar refractivity (Wildman–Crippen MR) is 100 cm³/mol. The Balaban J connectivity index is 1.36. The molecule has 3 heterocycles. The molecule has 8 nitrogen and oxygen atoms in total. The maximum Gasteiger partial charge on any atom is 0.243 e. The number of aromatic nitrogens is 4. The third kappa shape index (κ3) is 3.14. The molecule has 1 aromatic carbocycles. The molecule has 5 rings (SSSR count). The molecule has 0 spiro atoms.